The van der Waals surface area contributed by atoms with Crippen LogP contribution in [0.1, 0.15) is 5.56 Å². The number of benzene rings is 8. The molecule has 0 spiro atoms. The van der Waals surface area contributed by atoms with Gasteiger partial charge in [0, 0.05) is 27.3 Å². The lowest BCUT2D eigenvalue weighted by Gasteiger charge is -2.15. The molecule has 0 bridgehead atoms. The van der Waals surface area contributed by atoms with Crippen LogP contribution in [-0.4, -0.2) is 20.4 Å². The number of nitrogens with zero attached hydrogens (tertiary/aromatic N) is 3. The molecule has 252 valence electrons. The van der Waals surface area contributed by atoms with Gasteiger partial charge in [0.2, 0.25) is 5.62 Å². The second-order valence-corrected chi connectivity index (χ2v) is 13.8. The smallest absolute Gasteiger partial charge is 0.229 e. The summed E-state index contributed by atoms with van der Waals surface area (Å²) in [5.74, 6) is 0.125. The highest BCUT2D eigenvalue weighted by molar-refractivity contribution is 6.30. The van der Waals surface area contributed by atoms with Gasteiger partial charge in [-0.2, -0.15) is 4.99 Å². The van der Waals surface area contributed by atoms with Crippen molar-refractivity contribution >= 4 is 49.3 Å². The molecule has 0 unspecified atom stereocenters. The fourth-order valence-electron chi connectivity index (χ4n) is 8.46. The van der Waals surface area contributed by atoms with E-state index in [2.05, 4.69) is 143 Å². The van der Waals surface area contributed by atoms with Crippen molar-refractivity contribution in [1.82, 2.24) is 14.5 Å². The first kappa shape index (κ1) is 30.3. The van der Waals surface area contributed by atoms with Crippen molar-refractivity contribution in [1.29, 1.82) is 5.41 Å². The molecule has 1 aliphatic rings. The molecule has 2 N–H and O–H groups in total. The summed E-state index contributed by atoms with van der Waals surface area (Å²) < 4.78 is 2.31. The van der Waals surface area contributed by atoms with Crippen LogP contribution in [0.25, 0.3) is 93.8 Å². The van der Waals surface area contributed by atoms with Gasteiger partial charge < -0.3 is 9.55 Å². The Bertz CT molecular complexity index is 3220. The monoisotopic (exact) mass is 689 g/mol. The molecule has 2 aromatic heterocycles. The largest absolute Gasteiger partial charge is 0.323 e. The Hall–Kier alpha value is -7.37. The number of hydrogen-bond acceptors (Lipinski definition) is 2. The van der Waals surface area contributed by atoms with Gasteiger partial charge in [-0.15, -0.1) is 0 Å². The lowest BCUT2D eigenvalue weighted by molar-refractivity contribution is 1.05. The summed E-state index contributed by atoms with van der Waals surface area (Å²) in [7, 11) is 0. The summed E-state index contributed by atoms with van der Waals surface area (Å²) in [6.07, 6.45) is 0. The maximum atomic E-state index is 9.51. The Morgan fingerprint density at radius 2 is 1.13 bits per heavy atom. The van der Waals surface area contributed by atoms with Crippen molar-refractivity contribution in [2.24, 2.45) is 4.99 Å². The fraction of sp³-hybridized carbons (Fsp3) is 0. The minimum Gasteiger partial charge on any atom is -0.323 e. The van der Waals surface area contributed by atoms with Crippen LogP contribution in [0.4, 0.5) is 0 Å². The maximum absolute atomic E-state index is 9.51. The van der Waals surface area contributed by atoms with Gasteiger partial charge in [0.1, 0.15) is 0 Å². The molecule has 5 heteroatoms. The number of aromatic nitrogens is 3. The van der Waals surface area contributed by atoms with Crippen LogP contribution in [0.5, 0.6) is 0 Å². The van der Waals surface area contributed by atoms with Crippen LogP contribution in [0.15, 0.2) is 181 Å². The molecule has 0 radical (unpaired) electrons. The number of hydrogen-bond donors (Lipinski definition) is 2. The van der Waals surface area contributed by atoms with Crippen LogP contribution in [0.3, 0.4) is 0 Å². The number of fused-ring (bicyclic) bond motifs is 4. The summed E-state index contributed by atoms with van der Waals surface area (Å²) in [4.78, 5) is 13.3. The molecule has 1 aliphatic carbocycles. The average molecular weight is 690 g/mol. The molecule has 0 amide bonds. The van der Waals surface area contributed by atoms with Crippen LogP contribution in [-0.2, 0) is 0 Å². The van der Waals surface area contributed by atoms with E-state index < -0.39 is 0 Å². The fourth-order valence-corrected chi connectivity index (χ4v) is 8.46. The molecule has 11 rings (SSSR count). The van der Waals surface area contributed by atoms with E-state index in [1.165, 1.54) is 49.4 Å². The molecule has 5 nitrogen and oxygen atoms in total. The first-order valence-corrected chi connectivity index (χ1v) is 18.2. The van der Waals surface area contributed by atoms with Crippen molar-refractivity contribution < 1.29 is 0 Å². The standard InChI is InChI=1S/C49H31N5/c50-48(53-49-51-40-21-8-6-17-38(40)47(52-49)33-26-24-31(25-27-33)30-12-2-1-3-13-30)39-18-7-9-22-41(39)54-42-23-11-20-37-35-16-5-4-15-34(35)36-19-10-14-32-28-29-43(54)46(44(32)36)45(37)42/h1-29H,(H2,50,51,52,53). The average Bonchev–Trinajstić information content (AvgIpc) is 3.52. The number of aromatic amines is 1. The second kappa shape index (κ2) is 11.8. The third-order valence-electron chi connectivity index (χ3n) is 10.8. The molecule has 0 saturated carbocycles. The quantitative estimate of drug-likeness (QED) is 0.140. The van der Waals surface area contributed by atoms with Gasteiger partial charge in [0.15, 0.2) is 5.84 Å². The van der Waals surface area contributed by atoms with Gasteiger partial charge in [0.25, 0.3) is 0 Å². The molecule has 0 atom stereocenters. The second-order valence-electron chi connectivity index (χ2n) is 13.8. The normalized spacial score (nSPS) is 12.3. The minimum atomic E-state index is 0.125. The number of rotatable bonds is 4. The van der Waals surface area contributed by atoms with E-state index in [0.29, 0.717) is 11.2 Å². The molecule has 0 saturated heterocycles. The van der Waals surface area contributed by atoms with E-state index in [0.717, 1.165) is 44.4 Å². The Labute approximate surface area is 310 Å². The highest BCUT2D eigenvalue weighted by Crippen LogP contribution is 2.49. The van der Waals surface area contributed by atoms with E-state index in [1.54, 1.807) is 0 Å². The first-order chi connectivity index (χ1) is 26.7. The molecule has 8 aromatic carbocycles. The van der Waals surface area contributed by atoms with Gasteiger partial charge in [0.05, 0.1) is 27.9 Å². The molecule has 54 heavy (non-hydrogen) atoms. The lowest BCUT2D eigenvalue weighted by atomic mass is 9.93. The van der Waals surface area contributed by atoms with Crippen LogP contribution in [0, 0.1) is 5.41 Å². The zero-order chi connectivity index (χ0) is 35.8. The number of amidine groups is 1. The van der Waals surface area contributed by atoms with Crippen molar-refractivity contribution in [2.45, 2.75) is 0 Å². The summed E-state index contributed by atoms with van der Waals surface area (Å²) in [6.45, 7) is 0. The predicted octanol–water partition coefficient (Wildman–Crippen LogP) is 11.7. The van der Waals surface area contributed by atoms with E-state index >= 15 is 0 Å². The zero-order valence-corrected chi connectivity index (χ0v) is 29.1. The van der Waals surface area contributed by atoms with E-state index in [1.807, 2.05) is 42.5 Å². The molecule has 0 aliphatic heterocycles. The minimum absolute atomic E-state index is 0.125. The topological polar surface area (TPSA) is 69.8 Å². The molecule has 10 aromatic rings. The van der Waals surface area contributed by atoms with E-state index in [9.17, 15) is 5.41 Å². The Kier molecular flexibility index (Phi) is 6.64. The SMILES string of the molecule is N=C(N=c1nc(-c2ccc(-c3ccccc3)cc2)c2ccccc2[nH]1)c1ccccc1-n1c2cccc3c2c2c4c(cccc4ccc21)-c1ccccc1-3. The maximum Gasteiger partial charge on any atom is 0.229 e. The van der Waals surface area contributed by atoms with Crippen molar-refractivity contribution in [2.75, 3.05) is 0 Å². The molecule has 2 heterocycles. The summed E-state index contributed by atoms with van der Waals surface area (Å²) >= 11 is 0. The highest BCUT2D eigenvalue weighted by atomic mass is 15.0. The molecule has 0 fully saturated rings. The van der Waals surface area contributed by atoms with Crippen LogP contribution in [0.2, 0.25) is 0 Å². The summed E-state index contributed by atoms with van der Waals surface area (Å²) in [6, 6.07) is 61.5. The number of nitrogens with one attached hydrogen (secondary N) is 2. The van der Waals surface area contributed by atoms with E-state index in [4.69, 9.17) is 9.98 Å². The van der Waals surface area contributed by atoms with Gasteiger partial charge >= 0.3 is 0 Å². The number of H-pyrrole nitrogens is 1. The van der Waals surface area contributed by atoms with Gasteiger partial charge in [-0.05, 0) is 74.5 Å². The molecular weight excluding hydrogens is 659 g/mol. The molecular formula is C49H31N5. The summed E-state index contributed by atoms with van der Waals surface area (Å²) in [5, 5.41) is 15.4. The zero-order valence-electron chi connectivity index (χ0n) is 29.1. The third-order valence-corrected chi connectivity index (χ3v) is 10.8. The highest BCUT2D eigenvalue weighted by Gasteiger charge is 2.25. The van der Waals surface area contributed by atoms with Crippen LogP contribution < -0.4 is 5.62 Å². The lowest BCUT2D eigenvalue weighted by Crippen LogP contribution is -2.17. The third kappa shape index (κ3) is 4.55. The Morgan fingerprint density at radius 1 is 0.500 bits per heavy atom. The van der Waals surface area contributed by atoms with Gasteiger partial charge in [-0.3, -0.25) is 5.41 Å². The van der Waals surface area contributed by atoms with E-state index in [-0.39, 0.29) is 5.84 Å². The van der Waals surface area contributed by atoms with Gasteiger partial charge in [-0.25, -0.2) is 4.98 Å². The van der Waals surface area contributed by atoms with Crippen molar-refractivity contribution in [3.8, 4) is 50.3 Å². The van der Waals surface area contributed by atoms with Crippen molar-refractivity contribution in [3.63, 3.8) is 0 Å². The van der Waals surface area contributed by atoms with Crippen LogP contribution >= 0.6 is 0 Å². The Morgan fingerprint density at radius 3 is 1.96 bits per heavy atom. The van der Waals surface area contributed by atoms with Crippen molar-refractivity contribution in [3.05, 3.63) is 187 Å². The summed E-state index contributed by atoms with van der Waals surface area (Å²) in [5.41, 5.74) is 14.1. The predicted molar refractivity (Wildman–Crippen MR) is 222 cm³/mol. The number of para-hydroxylation sites is 2. The van der Waals surface area contributed by atoms with Gasteiger partial charge in [-0.1, -0.05) is 146 Å². The Balaban J connectivity index is 1.10. The first-order valence-electron chi connectivity index (χ1n) is 18.2.